The van der Waals surface area contributed by atoms with Crippen molar-refractivity contribution >= 4 is 23.5 Å². The zero-order valence-electron chi connectivity index (χ0n) is 11.6. The quantitative estimate of drug-likeness (QED) is 0.917. The van der Waals surface area contributed by atoms with E-state index in [1.165, 1.54) is 9.58 Å². The van der Waals surface area contributed by atoms with Gasteiger partial charge in [-0.1, -0.05) is 23.7 Å². The molecule has 1 N–H and O–H groups in total. The summed E-state index contributed by atoms with van der Waals surface area (Å²) in [5, 5.41) is 13.7. The Morgan fingerprint density at radius 3 is 2.68 bits per heavy atom. The molecule has 1 aromatic carbocycles. The molecule has 1 aromatic heterocycles. The van der Waals surface area contributed by atoms with E-state index in [1.54, 1.807) is 24.4 Å². The number of para-hydroxylation sites is 1. The fourth-order valence-electron chi connectivity index (χ4n) is 2.26. The smallest absolute Gasteiger partial charge is 0.323 e. The number of halogens is 1. The van der Waals surface area contributed by atoms with Crippen molar-refractivity contribution in [1.29, 1.82) is 0 Å². The van der Waals surface area contributed by atoms with Gasteiger partial charge in [0.1, 0.15) is 6.54 Å². The van der Waals surface area contributed by atoms with Crippen molar-refractivity contribution in [2.75, 3.05) is 6.54 Å². The molecule has 0 saturated heterocycles. The van der Waals surface area contributed by atoms with E-state index >= 15 is 0 Å². The highest BCUT2D eigenvalue weighted by molar-refractivity contribution is 6.32. The average molecular weight is 320 g/mol. The normalized spacial score (nSPS) is 13.9. The molecule has 22 heavy (non-hydrogen) atoms. The number of aromatic nitrogens is 2. The number of carbonyl (C=O) groups excluding carboxylic acids is 1. The maximum absolute atomic E-state index is 12.4. The van der Waals surface area contributed by atoms with Crippen LogP contribution >= 0.6 is 11.6 Å². The van der Waals surface area contributed by atoms with Gasteiger partial charge >= 0.3 is 5.97 Å². The fraction of sp³-hybridized carbons (Fsp3) is 0.267. The molecule has 6 nitrogen and oxygen atoms in total. The van der Waals surface area contributed by atoms with Crippen molar-refractivity contribution in [2.24, 2.45) is 0 Å². The highest BCUT2D eigenvalue weighted by Crippen LogP contribution is 2.28. The Morgan fingerprint density at radius 1 is 1.32 bits per heavy atom. The molecule has 3 rings (SSSR count). The van der Waals surface area contributed by atoms with Gasteiger partial charge in [-0.15, -0.1) is 0 Å². The predicted octanol–water partition coefficient (Wildman–Crippen LogP) is 2.21. The van der Waals surface area contributed by atoms with E-state index in [-0.39, 0.29) is 24.2 Å². The van der Waals surface area contributed by atoms with Gasteiger partial charge in [-0.05, 0) is 31.0 Å². The SMILES string of the molecule is O=C(O)CN(C(=O)c1ccn(-c2ccccc2Cl)n1)C1CC1. The molecule has 114 valence electrons. The van der Waals surface area contributed by atoms with Crippen LogP contribution in [0.15, 0.2) is 36.5 Å². The number of rotatable bonds is 5. The minimum absolute atomic E-state index is 0.00839. The lowest BCUT2D eigenvalue weighted by Crippen LogP contribution is -2.37. The minimum atomic E-state index is -1.02. The Morgan fingerprint density at radius 2 is 2.05 bits per heavy atom. The Bertz CT molecular complexity index is 724. The van der Waals surface area contributed by atoms with Gasteiger partial charge in [0.15, 0.2) is 5.69 Å². The first-order valence-electron chi connectivity index (χ1n) is 6.89. The van der Waals surface area contributed by atoms with E-state index in [9.17, 15) is 9.59 Å². The number of carboxylic acid groups (broad SMARTS) is 1. The highest BCUT2D eigenvalue weighted by Gasteiger charge is 2.35. The second kappa shape index (κ2) is 5.81. The molecule has 0 unspecified atom stereocenters. The van der Waals surface area contributed by atoms with Crippen molar-refractivity contribution < 1.29 is 14.7 Å². The highest BCUT2D eigenvalue weighted by atomic mass is 35.5. The third-order valence-corrected chi connectivity index (χ3v) is 3.78. The van der Waals surface area contributed by atoms with Crippen LogP contribution in [0.4, 0.5) is 0 Å². The van der Waals surface area contributed by atoms with E-state index < -0.39 is 5.97 Å². The summed E-state index contributed by atoms with van der Waals surface area (Å²) in [7, 11) is 0. The second-order valence-electron chi connectivity index (χ2n) is 5.15. The summed E-state index contributed by atoms with van der Waals surface area (Å²) < 4.78 is 1.52. The lowest BCUT2D eigenvalue weighted by molar-refractivity contribution is -0.137. The van der Waals surface area contributed by atoms with E-state index in [2.05, 4.69) is 5.10 Å². The van der Waals surface area contributed by atoms with E-state index in [1.807, 2.05) is 12.1 Å². The number of carbonyl (C=O) groups is 2. The summed E-state index contributed by atoms with van der Waals surface area (Å²) in [6.45, 7) is -0.303. The zero-order valence-corrected chi connectivity index (χ0v) is 12.4. The molecule has 0 bridgehead atoms. The molecule has 0 radical (unpaired) electrons. The van der Waals surface area contributed by atoms with E-state index in [0.29, 0.717) is 10.7 Å². The molecule has 1 fully saturated rings. The summed E-state index contributed by atoms with van der Waals surface area (Å²) in [5.41, 5.74) is 0.882. The summed E-state index contributed by atoms with van der Waals surface area (Å²) >= 11 is 6.11. The third kappa shape index (κ3) is 2.96. The largest absolute Gasteiger partial charge is 0.480 e. The first-order chi connectivity index (χ1) is 10.6. The summed E-state index contributed by atoms with van der Waals surface area (Å²) in [5.74, 6) is -1.39. The van der Waals surface area contributed by atoms with Crippen LogP contribution in [0.25, 0.3) is 5.69 Å². The lowest BCUT2D eigenvalue weighted by Gasteiger charge is -2.18. The van der Waals surface area contributed by atoms with Crippen molar-refractivity contribution in [1.82, 2.24) is 14.7 Å². The second-order valence-corrected chi connectivity index (χ2v) is 5.56. The van der Waals surface area contributed by atoms with Crippen molar-refractivity contribution in [3.05, 3.63) is 47.2 Å². The molecule has 0 spiro atoms. The van der Waals surface area contributed by atoms with Gasteiger partial charge in [-0.2, -0.15) is 5.10 Å². The van der Waals surface area contributed by atoms with Crippen LogP contribution in [-0.4, -0.2) is 44.3 Å². The molecule has 2 aromatic rings. The molecule has 0 atom stereocenters. The number of aliphatic carboxylic acids is 1. The van der Waals surface area contributed by atoms with Crippen molar-refractivity contribution in [3.8, 4) is 5.69 Å². The molecule has 7 heteroatoms. The molecule has 1 heterocycles. The molecule has 0 aliphatic heterocycles. The summed E-state index contributed by atoms with van der Waals surface area (Å²) in [4.78, 5) is 24.7. The van der Waals surface area contributed by atoms with E-state index in [0.717, 1.165) is 12.8 Å². The Kier molecular flexibility index (Phi) is 3.85. The van der Waals surface area contributed by atoms with Crippen LogP contribution < -0.4 is 0 Å². The van der Waals surface area contributed by atoms with Crippen LogP contribution in [0.2, 0.25) is 5.02 Å². The van der Waals surface area contributed by atoms with Gasteiger partial charge in [-0.25, -0.2) is 4.68 Å². The number of carboxylic acids is 1. The first kappa shape index (κ1) is 14.6. The van der Waals surface area contributed by atoms with Gasteiger partial charge in [0.25, 0.3) is 5.91 Å². The number of amides is 1. The van der Waals surface area contributed by atoms with Gasteiger partial charge in [0, 0.05) is 12.2 Å². The van der Waals surface area contributed by atoms with Gasteiger partial charge < -0.3 is 10.0 Å². The molecule has 1 aliphatic rings. The van der Waals surface area contributed by atoms with Crippen LogP contribution in [0.3, 0.4) is 0 Å². The standard InChI is InChI=1S/C15H14ClN3O3/c16-11-3-1-2-4-13(11)19-8-7-12(17-19)15(22)18(9-14(20)21)10-5-6-10/h1-4,7-8,10H,5-6,9H2,(H,20,21). The number of hydrogen-bond donors (Lipinski definition) is 1. The monoisotopic (exact) mass is 319 g/mol. The summed E-state index contributed by atoms with van der Waals surface area (Å²) in [6.07, 6.45) is 3.31. The third-order valence-electron chi connectivity index (χ3n) is 3.46. The molecular weight excluding hydrogens is 306 g/mol. The van der Waals surface area contributed by atoms with E-state index in [4.69, 9.17) is 16.7 Å². The average Bonchev–Trinajstić information content (AvgIpc) is 3.21. The predicted molar refractivity (Wildman–Crippen MR) is 80.3 cm³/mol. The maximum Gasteiger partial charge on any atom is 0.323 e. The summed E-state index contributed by atoms with van der Waals surface area (Å²) in [6, 6.07) is 8.74. The number of hydrogen-bond acceptors (Lipinski definition) is 3. The lowest BCUT2D eigenvalue weighted by atomic mass is 10.3. The van der Waals surface area contributed by atoms with Gasteiger partial charge in [0.05, 0.1) is 10.7 Å². The Hall–Kier alpha value is -2.34. The zero-order chi connectivity index (χ0) is 15.7. The fourth-order valence-corrected chi connectivity index (χ4v) is 2.48. The minimum Gasteiger partial charge on any atom is -0.480 e. The van der Waals surface area contributed by atoms with Crippen molar-refractivity contribution in [3.63, 3.8) is 0 Å². The first-order valence-corrected chi connectivity index (χ1v) is 7.27. The molecule has 1 aliphatic carbocycles. The molecular formula is C15H14ClN3O3. The van der Waals surface area contributed by atoms with Crippen LogP contribution in [0.1, 0.15) is 23.3 Å². The topological polar surface area (TPSA) is 75.4 Å². The van der Waals surface area contributed by atoms with Crippen LogP contribution in [0, 0.1) is 0 Å². The number of benzene rings is 1. The number of nitrogens with zero attached hydrogens (tertiary/aromatic N) is 3. The van der Waals surface area contributed by atoms with Crippen molar-refractivity contribution in [2.45, 2.75) is 18.9 Å². The van der Waals surface area contributed by atoms with Crippen LogP contribution in [-0.2, 0) is 4.79 Å². The molecule has 1 saturated carbocycles. The Balaban J connectivity index is 1.85. The van der Waals surface area contributed by atoms with Crippen LogP contribution in [0.5, 0.6) is 0 Å². The Labute approximate surface area is 131 Å². The van der Waals surface area contributed by atoms with Gasteiger partial charge in [0.2, 0.25) is 0 Å². The molecule has 1 amide bonds. The maximum atomic E-state index is 12.4. The van der Waals surface area contributed by atoms with Gasteiger partial charge in [-0.3, -0.25) is 9.59 Å².